The van der Waals surface area contributed by atoms with Crippen molar-refractivity contribution in [2.75, 3.05) is 6.61 Å². The number of aryl methyl sites for hydroxylation is 2. The third-order valence-corrected chi connectivity index (χ3v) is 8.12. The fourth-order valence-corrected chi connectivity index (χ4v) is 5.55. The van der Waals surface area contributed by atoms with E-state index in [1.54, 1.807) is 0 Å². The highest BCUT2D eigenvalue weighted by Crippen LogP contribution is 2.22. The van der Waals surface area contributed by atoms with Crippen LogP contribution in [0, 0.1) is 6.92 Å². The normalized spacial score (nSPS) is 10.8. The van der Waals surface area contributed by atoms with E-state index in [1.165, 1.54) is 83.5 Å². The summed E-state index contributed by atoms with van der Waals surface area (Å²) >= 11 is 0. The Kier molecular flexibility index (Phi) is 18.9. The highest BCUT2D eigenvalue weighted by atomic mass is 127. The summed E-state index contributed by atoms with van der Waals surface area (Å²) in [6.45, 7) is 6.27. The quantitative estimate of drug-likeness (QED) is 0.0721. The van der Waals surface area contributed by atoms with Crippen LogP contribution in [0.3, 0.4) is 0 Å². The lowest BCUT2D eigenvalue weighted by Gasteiger charge is -2.24. The van der Waals surface area contributed by atoms with Gasteiger partial charge in [0.2, 0.25) is 0 Å². The Morgan fingerprint density at radius 2 is 1.35 bits per heavy atom. The van der Waals surface area contributed by atoms with E-state index in [4.69, 9.17) is 4.74 Å². The first-order chi connectivity index (χ1) is 20.6. The molecule has 0 saturated carbocycles. The molecule has 3 aromatic rings. The number of nitrogens with zero attached hydrogens (tertiary/aromatic N) is 2. The molecular formula is C38H55IN2O2. The Hall–Kier alpha value is -2.41. The Balaban J connectivity index is 0.00000645. The van der Waals surface area contributed by atoms with Crippen LogP contribution in [0.4, 0.5) is 0 Å². The minimum Gasteiger partial charge on any atom is -1.00 e. The second-order valence-electron chi connectivity index (χ2n) is 11.9. The van der Waals surface area contributed by atoms with Crippen LogP contribution in [-0.2, 0) is 20.1 Å². The van der Waals surface area contributed by atoms with Gasteiger partial charge in [-0.2, -0.15) is 0 Å². The van der Waals surface area contributed by atoms with E-state index >= 15 is 0 Å². The largest absolute Gasteiger partial charge is 1.00 e. The minimum atomic E-state index is 0. The molecule has 0 saturated heterocycles. The van der Waals surface area contributed by atoms with Gasteiger partial charge in [0, 0.05) is 23.7 Å². The summed E-state index contributed by atoms with van der Waals surface area (Å²) in [5.74, 6) is 0.960. The second kappa shape index (κ2) is 22.2. The molecule has 0 unspecified atom stereocenters. The molecule has 4 nitrogen and oxygen atoms in total. The highest BCUT2D eigenvalue weighted by molar-refractivity contribution is 5.94. The molecule has 43 heavy (non-hydrogen) atoms. The van der Waals surface area contributed by atoms with E-state index in [1.807, 2.05) is 59.1 Å². The lowest BCUT2D eigenvalue weighted by Crippen LogP contribution is -3.00. The fraction of sp³-hybridized carbons (Fsp3) is 0.526. The summed E-state index contributed by atoms with van der Waals surface area (Å²) < 4.78 is 8.12. The molecule has 0 aliphatic carbocycles. The van der Waals surface area contributed by atoms with Gasteiger partial charge < -0.3 is 33.6 Å². The van der Waals surface area contributed by atoms with Crippen LogP contribution >= 0.6 is 0 Å². The van der Waals surface area contributed by atoms with Crippen molar-refractivity contribution in [2.45, 2.75) is 117 Å². The number of rotatable bonds is 21. The zero-order chi connectivity index (χ0) is 29.8. The molecule has 0 spiro atoms. The maximum atomic E-state index is 13.5. The summed E-state index contributed by atoms with van der Waals surface area (Å²) in [5.41, 5.74) is 4.11. The van der Waals surface area contributed by atoms with Crippen LogP contribution in [-0.4, -0.2) is 17.4 Å². The number of benzene rings is 2. The van der Waals surface area contributed by atoms with Gasteiger partial charge in [0.15, 0.2) is 12.4 Å². The van der Waals surface area contributed by atoms with Crippen LogP contribution < -0.4 is 33.3 Å². The molecule has 236 valence electrons. The Morgan fingerprint density at radius 1 is 0.744 bits per heavy atom. The molecule has 1 aromatic heterocycles. The number of pyridine rings is 1. The summed E-state index contributed by atoms with van der Waals surface area (Å²) in [5, 5.41) is 0. The molecule has 0 bridgehead atoms. The van der Waals surface area contributed by atoms with Gasteiger partial charge in [-0.05, 0) is 54.8 Å². The topological polar surface area (TPSA) is 33.4 Å². The van der Waals surface area contributed by atoms with Crippen molar-refractivity contribution in [3.8, 4) is 5.75 Å². The fourth-order valence-electron chi connectivity index (χ4n) is 5.55. The van der Waals surface area contributed by atoms with Crippen LogP contribution in [0.5, 0.6) is 5.75 Å². The lowest BCUT2D eigenvalue weighted by atomic mass is 10.0. The molecule has 0 fully saturated rings. The highest BCUT2D eigenvalue weighted by Gasteiger charge is 2.18. The van der Waals surface area contributed by atoms with Crippen LogP contribution in [0.1, 0.15) is 124 Å². The molecule has 5 heteroatoms. The van der Waals surface area contributed by atoms with Gasteiger partial charge >= 0.3 is 0 Å². The molecule has 1 heterocycles. The first-order valence-electron chi connectivity index (χ1n) is 16.6. The molecule has 0 radical (unpaired) electrons. The Morgan fingerprint density at radius 3 is 1.93 bits per heavy atom. The SMILES string of the molecule is CCCCCCCCCCCCCCCCOc1ccc(CN(Cc2ccc[n+](C)c2)C(=O)c2ccccc2)c(C)c1.[I-]. The number of hydrogen-bond donors (Lipinski definition) is 0. The van der Waals surface area contributed by atoms with Gasteiger partial charge in [-0.3, -0.25) is 4.79 Å². The second-order valence-corrected chi connectivity index (χ2v) is 11.9. The number of carbonyl (C=O) groups is 1. The minimum absolute atomic E-state index is 0. The van der Waals surface area contributed by atoms with Crippen molar-refractivity contribution in [3.63, 3.8) is 0 Å². The number of hydrogen-bond acceptors (Lipinski definition) is 2. The van der Waals surface area contributed by atoms with Crippen molar-refractivity contribution in [1.29, 1.82) is 0 Å². The van der Waals surface area contributed by atoms with Crippen molar-refractivity contribution in [1.82, 2.24) is 4.90 Å². The number of ether oxygens (including phenoxy) is 1. The van der Waals surface area contributed by atoms with Crippen LogP contribution in [0.15, 0.2) is 73.1 Å². The van der Waals surface area contributed by atoms with Crippen LogP contribution in [0.2, 0.25) is 0 Å². The van der Waals surface area contributed by atoms with E-state index in [2.05, 4.69) is 44.3 Å². The molecule has 1 amide bonds. The van der Waals surface area contributed by atoms with Crippen molar-refractivity contribution in [3.05, 3.63) is 95.3 Å². The van der Waals surface area contributed by atoms with Crippen molar-refractivity contribution >= 4 is 5.91 Å². The van der Waals surface area contributed by atoms with Gasteiger partial charge in [0.25, 0.3) is 5.91 Å². The summed E-state index contributed by atoms with van der Waals surface area (Å²) in [4.78, 5) is 15.4. The van der Waals surface area contributed by atoms with Gasteiger partial charge in [0.1, 0.15) is 12.8 Å². The third-order valence-electron chi connectivity index (χ3n) is 8.12. The standard InChI is InChI=1S/C38H55N2O2.HI/c1-4-5-6-7-8-9-10-11-12-13-14-15-16-20-28-42-37-26-25-36(33(2)29-37)32-40(31-34-22-21-27-39(3)30-34)38(41)35-23-18-17-19-24-35;/h17-19,21-27,29-30H,4-16,20,28,31-32H2,1-3H3;1H/q+1;/p-1. The van der Waals surface area contributed by atoms with E-state index < -0.39 is 0 Å². The maximum absolute atomic E-state index is 13.5. The number of aromatic nitrogens is 1. The summed E-state index contributed by atoms with van der Waals surface area (Å²) in [6.07, 6.45) is 23.2. The van der Waals surface area contributed by atoms with E-state index in [0.717, 1.165) is 35.5 Å². The molecule has 0 aliphatic heterocycles. The summed E-state index contributed by atoms with van der Waals surface area (Å²) in [7, 11) is 2.01. The smallest absolute Gasteiger partial charge is 0.254 e. The monoisotopic (exact) mass is 698 g/mol. The van der Waals surface area contributed by atoms with Gasteiger partial charge in [-0.25, -0.2) is 4.57 Å². The van der Waals surface area contributed by atoms with E-state index in [-0.39, 0.29) is 29.9 Å². The predicted octanol–water partition coefficient (Wildman–Crippen LogP) is 6.53. The average molecular weight is 699 g/mol. The molecular weight excluding hydrogens is 643 g/mol. The van der Waals surface area contributed by atoms with Gasteiger partial charge in [-0.1, -0.05) is 115 Å². The maximum Gasteiger partial charge on any atom is 0.254 e. The first kappa shape index (κ1) is 36.8. The molecule has 0 aliphatic rings. The van der Waals surface area contributed by atoms with Gasteiger partial charge in [0.05, 0.1) is 13.2 Å². The molecule has 3 rings (SSSR count). The van der Waals surface area contributed by atoms with E-state index in [9.17, 15) is 4.79 Å². The number of halogens is 1. The number of amides is 1. The molecule has 0 atom stereocenters. The van der Waals surface area contributed by atoms with Gasteiger partial charge in [-0.15, -0.1) is 0 Å². The lowest BCUT2D eigenvalue weighted by molar-refractivity contribution is -0.672. The van der Waals surface area contributed by atoms with Crippen molar-refractivity contribution < 1.29 is 38.1 Å². The average Bonchev–Trinajstić information content (AvgIpc) is 3.00. The third kappa shape index (κ3) is 14.7. The first-order valence-corrected chi connectivity index (χ1v) is 16.6. The predicted molar refractivity (Wildman–Crippen MR) is 175 cm³/mol. The van der Waals surface area contributed by atoms with Crippen molar-refractivity contribution in [2.24, 2.45) is 7.05 Å². The summed E-state index contributed by atoms with van der Waals surface area (Å²) in [6, 6.07) is 20.0. The van der Waals surface area contributed by atoms with Crippen LogP contribution in [0.25, 0.3) is 0 Å². The number of unbranched alkanes of at least 4 members (excludes halogenated alkanes) is 13. The van der Waals surface area contributed by atoms with E-state index in [0.29, 0.717) is 18.7 Å². The zero-order valence-electron chi connectivity index (χ0n) is 27.0. The Bertz CT molecular complexity index is 1170. The zero-order valence-corrected chi connectivity index (χ0v) is 29.2. The molecule has 2 aromatic carbocycles. The Labute approximate surface area is 279 Å². The number of carbonyl (C=O) groups excluding carboxylic acids is 1. The molecule has 0 N–H and O–H groups in total.